The summed E-state index contributed by atoms with van der Waals surface area (Å²) < 4.78 is 0. The number of nitrogens with zero attached hydrogens (tertiary/aromatic N) is 2. The first-order valence-corrected chi connectivity index (χ1v) is 8.31. The highest BCUT2D eigenvalue weighted by atomic mass is 32.1. The van der Waals surface area contributed by atoms with Gasteiger partial charge in [-0.15, -0.1) is 11.3 Å². The van der Waals surface area contributed by atoms with Crippen LogP contribution in [0.5, 0.6) is 0 Å². The summed E-state index contributed by atoms with van der Waals surface area (Å²) in [5.41, 5.74) is 2.36. The predicted molar refractivity (Wildman–Crippen MR) is 92.5 cm³/mol. The molecule has 0 aliphatic carbocycles. The maximum atomic E-state index is 11.9. The molecule has 3 rings (SSSR count). The Morgan fingerprint density at radius 1 is 1.35 bits per heavy atom. The molecule has 1 aromatic carbocycles. The number of carbonyl (C=O) groups is 2. The number of carbonyl (C=O) groups excluding carboxylic acids is 2. The third-order valence-corrected chi connectivity index (χ3v) is 4.35. The molecule has 1 saturated heterocycles. The molecule has 23 heavy (non-hydrogen) atoms. The summed E-state index contributed by atoms with van der Waals surface area (Å²) in [4.78, 5) is 29.6. The number of rotatable bonds is 4. The summed E-state index contributed by atoms with van der Waals surface area (Å²) in [6.07, 6.45) is 4.67. The van der Waals surface area contributed by atoms with Gasteiger partial charge in [0.25, 0.3) is 0 Å². The number of amides is 2. The predicted octanol–water partition coefficient (Wildman–Crippen LogP) is 3.23. The molecule has 2 heterocycles. The monoisotopic (exact) mass is 327 g/mol. The molecule has 5 nitrogen and oxygen atoms in total. The average Bonchev–Trinajstić information content (AvgIpc) is 3.14. The number of thiazole rings is 1. The number of aromatic nitrogens is 1. The van der Waals surface area contributed by atoms with Crippen molar-refractivity contribution in [3.63, 3.8) is 0 Å². The lowest BCUT2D eigenvalue weighted by Gasteiger charge is -2.15. The minimum atomic E-state index is -0.208. The highest BCUT2D eigenvalue weighted by molar-refractivity contribution is 7.09. The van der Waals surface area contributed by atoms with E-state index in [2.05, 4.69) is 10.3 Å². The summed E-state index contributed by atoms with van der Waals surface area (Å²) >= 11 is 1.55. The molecule has 1 aromatic heterocycles. The standard InChI is InChI=1S/C17H17N3O2S/c1-12-18-14(11-23-12)6-9-16(21)19-13-4-7-15(8-5-13)20-10-2-3-17(20)22/h4-9,11H,2-3,10H2,1H3,(H,19,21)/b9-6+. The fraction of sp³-hybridized carbons (Fsp3) is 0.235. The Labute approximate surface area is 138 Å². The van der Waals surface area contributed by atoms with Crippen LogP contribution in [0.2, 0.25) is 0 Å². The van der Waals surface area contributed by atoms with Crippen molar-refractivity contribution in [1.82, 2.24) is 4.98 Å². The van der Waals surface area contributed by atoms with E-state index in [1.807, 2.05) is 24.4 Å². The van der Waals surface area contributed by atoms with E-state index in [1.54, 1.807) is 34.4 Å². The SMILES string of the molecule is Cc1nc(/C=C/C(=O)Nc2ccc(N3CCCC3=O)cc2)cs1. The molecular formula is C17H17N3O2S. The Morgan fingerprint density at radius 2 is 2.13 bits per heavy atom. The highest BCUT2D eigenvalue weighted by Gasteiger charge is 2.21. The van der Waals surface area contributed by atoms with Crippen LogP contribution in [0.25, 0.3) is 6.08 Å². The van der Waals surface area contributed by atoms with Crippen molar-refractivity contribution < 1.29 is 9.59 Å². The smallest absolute Gasteiger partial charge is 0.248 e. The molecule has 1 aliphatic rings. The fourth-order valence-corrected chi connectivity index (χ4v) is 3.03. The number of nitrogens with one attached hydrogen (secondary N) is 1. The summed E-state index contributed by atoms with van der Waals surface area (Å²) in [7, 11) is 0. The van der Waals surface area contributed by atoms with Gasteiger partial charge in [-0.2, -0.15) is 0 Å². The Hall–Kier alpha value is -2.47. The third-order valence-electron chi connectivity index (χ3n) is 3.56. The molecule has 0 atom stereocenters. The normalized spacial score (nSPS) is 14.7. The molecule has 0 spiro atoms. The van der Waals surface area contributed by atoms with Crippen LogP contribution in [0, 0.1) is 6.92 Å². The second kappa shape index (κ2) is 6.75. The quantitative estimate of drug-likeness (QED) is 0.877. The Bertz CT molecular complexity index is 749. The van der Waals surface area contributed by atoms with Crippen LogP contribution in [0.15, 0.2) is 35.7 Å². The molecule has 0 bridgehead atoms. The maximum Gasteiger partial charge on any atom is 0.248 e. The van der Waals surface area contributed by atoms with Crippen molar-refractivity contribution in [1.29, 1.82) is 0 Å². The van der Waals surface area contributed by atoms with Crippen molar-refractivity contribution in [2.75, 3.05) is 16.8 Å². The van der Waals surface area contributed by atoms with Gasteiger partial charge in [-0.3, -0.25) is 9.59 Å². The number of aryl methyl sites for hydroxylation is 1. The molecule has 1 fully saturated rings. The summed E-state index contributed by atoms with van der Waals surface area (Å²) in [5, 5.41) is 5.67. The van der Waals surface area contributed by atoms with Gasteiger partial charge in [-0.05, 0) is 43.7 Å². The summed E-state index contributed by atoms with van der Waals surface area (Å²) in [6, 6.07) is 7.32. The van der Waals surface area contributed by atoms with Gasteiger partial charge in [0.15, 0.2) is 0 Å². The minimum Gasteiger partial charge on any atom is -0.323 e. The Kier molecular flexibility index (Phi) is 4.52. The molecule has 0 saturated carbocycles. The zero-order chi connectivity index (χ0) is 16.2. The van der Waals surface area contributed by atoms with Gasteiger partial charge < -0.3 is 10.2 Å². The largest absolute Gasteiger partial charge is 0.323 e. The van der Waals surface area contributed by atoms with Gasteiger partial charge >= 0.3 is 0 Å². The van der Waals surface area contributed by atoms with E-state index in [0.717, 1.165) is 29.4 Å². The average molecular weight is 327 g/mol. The number of anilines is 2. The lowest BCUT2D eigenvalue weighted by atomic mass is 10.2. The lowest BCUT2D eigenvalue weighted by Crippen LogP contribution is -2.23. The van der Waals surface area contributed by atoms with Gasteiger partial charge in [0.05, 0.1) is 10.7 Å². The number of hydrogen-bond acceptors (Lipinski definition) is 4. The van der Waals surface area contributed by atoms with Gasteiger partial charge in [-0.1, -0.05) is 0 Å². The van der Waals surface area contributed by atoms with Crippen molar-refractivity contribution in [2.24, 2.45) is 0 Å². The third kappa shape index (κ3) is 3.84. The summed E-state index contributed by atoms with van der Waals surface area (Å²) in [6.45, 7) is 2.69. The van der Waals surface area contributed by atoms with E-state index in [0.29, 0.717) is 12.1 Å². The van der Waals surface area contributed by atoms with Crippen molar-refractivity contribution in [3.8, 4) is 0 Å². The Morgan fingerprint density at radius 3 is 2.74 bits per heavy atom. The molecule has 6 heteroatoms. The van der Waals surface area contributed by atoms with E-state index < -0.39 is 0 Å². The zero-order valence-corrected chi connectivity index (χ0v) is 13.6. The topological polar surface area (TPSA) is 62.3 Å². The van der Waals surface area contributed by atoms with Gasteiger partial charge in [0, 0.05) is 35.8 Å². The van der Waals surface area contributed by atoms with Crippen LogP contribution >= 0.6 is 11.3 Å². The maximum absolute atomic E-state index is 11.9. The summed E-state index contributed by atoms with van der Waals surface area (Å²) in [5.74, 6) is -0.0519. The molecular weight excluding hydrogens is 310 g/mol. The van der Waals surface area contributed by atoms with Crippen LogP contribution in [0.1, 0.15) is 23.5 Å². The molecule has 0 radical (unpaired) electrons. The molecule has 0 unspecified atom stereocenters. The van der Waals surface area contributed by atoms with Crippen LogP contribution < -0.4 is 10.2 Å². The first-order valence-electron chi connectivity index (χ1n) is 7.43. The van der Waals surface area contributed by atoms with E-state index in [9.17, 15) is 9.59 Å². The molecule has 118 valence electrons. The molecule has 1 N–H and O–H groups in total. The van der Waals surface area contributed by atoms with Crippen LogP contribution in [0.3, 0.4) is 0 Å². The molecule has 2 amide bonds. The van der Waals surface area contributed by atoms with Crippen LogP contribution in [-0.2, 0) is 9.59 Å². The fourth-order valence-electron chi connectivity index (χ4n) is 2.45. The Balaban J connectivity index is 1.60. The molecule has 2 aromatic rings. The van der Waals surface area contributed by atoms with Crippen LogP contribution in [0.4, 0.5) is 11.4 Å². The van der Waals surface area contributed by atoms with Gasteiger partial charge in [0.1, 0.15) is 0 Å². The first-order chi connectivity index (χ1) is 11.1. The first kappa shape index (κ1) is 15.4. The zero-order valence-electron chi connectivity index (χ0n) is 12.8. The van der Waals surface area contributed by atoms with E-state index in [1.165, 1.54) is 6.08 Å². The lowest BCUT2D eigenvalue weighted by molar-refractivity contribution is -0.117. The number of hydrogen-bond donors (Lipinski definition) is 1. The second-order valence-electron chi connectivity index (χ2n) is 5.31. The molecule has 1 aliphatic heterocycles. The minimum absolute atomic E-state index is 0.156. The van der Waals surface area contributed by atoms with E-state index in [4.69, 9.17) is 0 Å². The number of benzene rings is 1. The highest BCUT2D eigenvalue weighted by Crippen LogP contribution is 2.23. The van der Waals surface area contributed by atoms with E-state index >= 15 is 0 Å². The second-order valence-corrected chi connectivity index (χ2v) is 6.37. The van der Waals surface area contributed by atoms with E-state index in [-0.39, 0.29) is 11.8 Å². The van der Waals surface area contributed by atoms with Crippen molar-refractivity contribution in [2.45, 2.75) is 19.8 Å². The van der Waals surface area contributed by atoms with Crippen LogP contribution in [-0.4, -0.2) is 23.3 Å². The van der Waals surface area contributed by atoms with Gasteiger partial charge in [-0.25, -0.2) is 4.98 Å². The van der Waals surface area contributed by atoms with Crippen molar-refractivity contribution >= 4 is 40.6 Å². The van der Waals surface area contributed by atoms with Crippen molar-refractivity contribution in [3.05, 3.63) is 46.4 Å². The van der Waals surface area contributed by atoms with Gasteiger partial charge in [0.2, 0.25) is 11.8 Å².